The lowest BCUT2D eigenvalue weighted by Gasteiger charge is -2.30. The Morgan fingerprint density at radius 3 is 2.07 bits per heavy atom. The van der Waals surface area contributed by atoms with Crippen LogP contribution in [0.2, 0.25) is 0 Å². The maximum atomic E-state index is 11.1. The molecule has 200 valence electrons. The first-order valence-electron chi connectivity index (χ1n) is 14.2. The highest BCUT2D eigenvalue weighted by Crippen LogP contribution is 2.50. The Kier molecular flexibility index (Phi) is 5.11. The fraction of sp³-hybridized carbons (Fsp3) is 0.0556. The fourth-order valence-electron chi connectivity index (χ4n) is 7.15. The molecule has 2 N–H and O–H groups in total. The second-order valence-corrected chi connectivity index (χ2v) is 12.1. The molecule has 0 aliphatic heterocycles. The standard InChI is InChI=1S/C36H24BNO3S/c39-37(40)35-29(38-27-15-4-1-9-21(27)22-10-2-5-16-28(22)38)19-20-31-34(35)33-24(12-8-17-30(33)41-31)26-14-7-13-25-23-11-3-6-18-32(23)42-36(25)26/h1-20,29,35,39-40H. The van der Waals surface area contributed by atoms with Gasteiger partial charge >= 0.3 is 7.12 Å². The van der Waals surface area contributed by atoms with Crippen LogP contribution in [0.15, 0.2) is 120 Å². The van der Waals surface area contributed by atoms with Crippen molar-refractivity contribution in [3.63, 3.8) is 0 Å². The van der Waals surface area contributed by atoms with Crippen molar-refractivity contribution in [1.29, 1.82) is 0 Å². The molecule has 2 atom stereocenters. The van der Waals surface area contributed by atoms with E-state index in [2.05, 4.69) is 95.6 Å². The maximum absolute atomic E-state index is 11.1. The highest BCUT2D eigenvalue weighted by molar-refractivity contribution is 7.26. The Morgan fingerprint density at radius 2 is 1.31 bits per heavy atom. The molecule has 0 radical (unpaired) electrons. The number of fused-ring (bicyclic) bond motifs is 9. The molecule has 8 aromatic rings. The van der Waals surface area contributed by atoms with Crippen molar-refractivity contribution in [3.05, 3.63) is 127 Å². The van der Waals surface area contributed by atoms with E-state index in [-0.39, 0.29) is 6.04 Å². The number of para-hydroxylation sites is 2. The van der Waals surface area contributed by atoms with Crippen LogP contribution < -0.4 is 0 Å². The van der Waals surface area contributed by atoms with Gasteiger partial charge in [0.2, 0.25) is 0 Å². The molecule has 0 fully saturated rings. The minimum absolute atomic E-state index is 0.337. The number of nitrogens with zero attached hydrogens (tertiary/aromatic N) is 1. The molecule has 0 saturated heterocycles. The van der Waals surface area contributed by atoms with E-state index in [1.807, 2.05) is 30.3 Å². The number of allylic oxidation sites excluding steroid dienone is 1. The summed E-state index contributed by atoms with van der Waals surface area (Å²) in [4.78, 5) is 0. The number of hydrogen-bond acceptors (Lipinski definition) is 4. The second-order valence-electron chi connectivity index (χ2n) is 11.0. The van der Waals surface area contributed by atoms with Gasteiger partial charge in [-0.05, 0) is 35.9 Å². The molecule has 0 amide bonds. The summed E-state index contributed by atoms with van der Waals surface area (Å²) in [6.07, 6.45) is 4.06. The Labute approximate surface area is 245 Å². The predicted molar refractivity (Wildman–Crippen MR) is 175 cm³/mol. The SMILES string of the molecule is OB(O)C1c2c(oc3cccc(-c4cccc5c4sc4ccccc45)c23)C=CC1n1c2ccccc2c2ccccc21. The van der Waals surface area contributed by atoms with Gasteiger partial charge in [0.15, 0.2) is 0 Å². The van der Waals surface area contributed by atoms with Gasteiger partial charge in [-0.1, -0.05) is 91.0 Å². The fourth-order valence-corrected chi connectivity index (χ4v) is 8.38. The third-order valence-electron chi connectivity index (χ3n) is 8.86. The summed E-state index contributed by atoms with van der Waals surface area (Å²) in [5.74, 6) is 0.0318. The average molecular weight is 561 g/mol. The first-order valence-corrected chi connectivity index (χ1v) is 15.0. The minimum Gasteiger partial charge on any atom is -0.456 e. The molecular formula is C36H24BNO3S. The first kappa shape index (κ1) is 24.0. The van der Waals surface area contributed by atoms with E-state index in [0.717, 1.165) is 49.5 Å². The summed E-state index contributed by atoms with van der Waals surface area (Å²) < 4.78 is 11.1. The normalized spacial score (nSPS) is 16.7. The van der Waals surface area contributed by atoms with Crippen LogP contribution in [0, 0.1) is 0 Å². The van der Waals surface area contributed by atoms with Crippen LogP contribution >= 0.6 is 11.3 Å². The van der Waals surface area contributed by atoms with Crippen LogP contribution in [0.5, 0.6) is 0 Å². The van der Waals surface area contributed by atoms with Crippen molar-refractivity contribution in [2.45, 2.75) is 11.9 Å². The monoisotopic (exact) mass is 561 g/mol. The van der Waals surface area contributed by atoms with Crippen molar-refractivity contribution in [3.8, 4) is 11.1 Å². The maximum Gasteiger partial charge on any atom is 0.462 e. The van der Waals surface area contributed by atoms with E-state index in [4.69, 9.17) is 4.42 Å². The Bertz CT molecular complexity index is 2320. The molecule has 3 aromatic heterocycles. The topological polar surface area (TPSA) is 58.5 Å². The predicted octanol–water partition coefficient (Wildman–Crippen LogP) is 8.94. The van der Waals surface area contributed by atoms with Gasteiger partial charge in [0.25, 0.3) is 0 Å². The smallest absolute Gasteiger partial charge is 0.456 e. The van der Waals surface area contributed by atoms with Gasteiger partial charge in [0.05, 0.1) is 6.04 Å². The molecule has 9 rings (SSSR count). The third-order valence-corrected chi connectivity index (χ3v) is 10.1. The molecule has 0 bridgehead atoms. The third kappa shape index (κ3) is 3.25. The van der Waals surface area contributed by atoms with Crippen LogP contribution in [0.3, 0.4) is 0 Å². The molecule has 42 heavy (non-hydrogen) atoms. The number of benzene rings is 5. The van der Waals surface area contributed by atoms with Crippen molar-refractivity contribution in [2.75, 3.05) is 0 Å². The first-order chi connectivity index (χ1) is 20.7. The number of hydrogen-bond donors (Lipinski definition) is 2. The second kappa shape index (κ2) is 8.94. The van der Waals surface area contributed by atoms with Crippen LogP contribution in [0.4, 0.5) is 0 Å². The molecule has 0 spiro atoms. The van der Waals surface area contributed by atoms with Crippen molar-refractivity contribution in [1.82, 2.24) is 4.57 Å². The summed E-state index contributed by atoms with van der Waals surface area (Å²) >= 11 is 1.79. The molecule has 1 aliphatic rings. The number of aromatic nitrogens is 1. The van der Waals surface area contributed by atoms with E-state index < -0.39 is 12.9 Å². The Balaban J connectivity index is 1.33. The summed E-state index contributed by atoms with van der Waals surface area (Å²) in [5.41, 5.74) is 5.86. The van der Waals surface area contributed by atoms with Crippen LogP contribution in [-0.2, 0) is 0 Å². The zero-order chi connectivity index (χ0) is 27.9. The van der Waals surface area contributed by atoms with Crippen molar-refractivity contribution < 1.29 is 14.5 Å². The highest BCUT2D eigenvalue weighted by Gasteiger charge is 2.41. The Hall–Kier alpha value is -4.62. The number of thiophene rings is 1. The molecular weight excluding hydrogens is 537 g/mol. The van der Waals surface area contributed by atoms with Crippen molar-refractivity contribution >= 4 is 77.5 Å². The largest absolute Gasteiger partial charge is 0.462 e. The van der Waals surface area contributed by atoms with Gasteiger partial charge in [-0.25, -0.2) is 0 Å². The van der Waals surface area contributed by atoms with Gasteiger partial charge < -0.3 is 19.0 Å². The number of rotatable bonds is 3. The van der Waals surface area contributed by atoms with E-state index >= 15 is 0 Å². The van der Waals surface area contributed by atoms with E-state index in [9.17, 15) is 10.0 Å². The van der Waals surface area contributed by atoms with Gasteiger partial charge in [0, 0.05) is 64.3 Å². The molecule has 1 aliphatic carbocycles. The van der Waals surface area contributed by atoms with Crippen molar-refractivity contribution in [2.24, 2.45) is 0 Å². The molecule has 3 heterocycles. The lowest BCUT2D eigenvalue weighted by atomic mass is 9.62. The average Bonchev–Trinajstić information content (AvgIpc) is 3.70. The summed E-state index contributed by atoms with van der Waals surface area (Å²) in [6, 6.07) is 37.4. The van der Waals surface area contributed by atoms with E-state index in [1.54, 1.807) is 11.3 Å². The molecule has 4 nitrogen and oxygen atoms in total. The van der Waals surface area contributed by atoms with Gasteiger partial charge in [-0.15, -0.1) is 11.3 Å². The summed E-state index contributed by atoms with van der Waals surface area (Å²) in [5, 5.41) is 27.9. The summed E-state index contributed by atoms with van der Waals surface area (Å²) in [7, 11) is -1.60. The van der Waals surface area contributed by atoms with Gasteiger partial charge in [-0.3, -0.25) is 0 Å². The van der Waals surface area contributed by atoms with Crippen LogP contribution in [-0.4, -0.2) is 21.7 Å². The van der Waals surface area contributed by atoms with Gasteiger partial charge in [0.1, 0.15) is 11.3 Å². The van der Waals surface area contributed by atoms with Gasteiger partial charge in [-0.2, -0.15) is 0 Å². The minimum atomic E-state index is -1.60. The molecule has 2 unspecified atom stereocenters. The summed E-state index contributed by atoms with van der Waals surface area (Å²) in [6.45, 7) is 0. The highest BCUT2D eigenvalue weighted by atomic mass is 32.1. The zero-order valence-corrected chi connectivity index (χ0v) is 23.3. The lowest BCUT2D eigenvalue weighted by molar-refractivity contribution is 0.367. The quantitative estimate of drug-likeness (QED) is 0.212. The van der Waals surface area contributed by atoms with Crippen LogP contribution in [0.1, 0.15) is 23.2 Å². The number of furan rings is 1. The lowest BCUT2D eigenvalue weighted by Crippen LogP contribution is -2.32. The molecule has 5 aromatic carbocycles. The molecule has 6 heteroatoms. The zero-order valence-electron chi connectivity index (χ0n) is 22.4. The molecule has 0 saturated carbocycles. The van der Waals surface area contributed by atoms with E-state index in [0.29, 0.717) is 5.76 Å². The van der Waals surface area contributed by atoms with E-state index in [1.165, 1.54) is 20.2 Å². The Morgan fingerprint density at radius 1 is 0.667 bits per heavy atom. The van der Waals surface area contributed by atoms with Crippen LogP contribution in [0.25, 0.3) is 70.2 Å².